The summed E-state index contributed by atoms with van der Waals surface area (Å²) in [6, 6.07) is 3.75. The Morgan fingerprint density at radius 3 is 1.55 bits per heavy atom. The van der Waals surface area contributed by atoms with Gasteiger partial charge in [-0.3, -0.25) is 14.5 Å². The van der Waals surface area contributed by atoms with Crippen LogP contribution in [0.4, 0.5) is 5.82 Å². The van der Waals surface area contributed by atoms with Crippen molar-refractivity contribution < 1.29 is 43.0 Å². The van der Waals surface area contributed by atoms with Crippen LogP contribution in [0.5, 0.6) is 0 Å². The van der Waals surface area contributed by atoms with Gasteiger partial charge in [0.05, 0.1) is 12.8 Å². The van der Waals surface area contributed by atoms with E-state index >= 15 is 0 Å². The van der Waals surface area contributed by atoms with Crippen molar-refractivity contribution in [1.29, 1.82) is 0 Å². The molecule has 60 heavy (non-hydrogen) atoms. The largest absolute Gasteiger partial charge is 0.631 e. The highest BCUT2D eigenvalue weighted by molar-refractivity contribution is 7.58. The summed E-state index contributed by atoms with van der Waals surface area (Å²) in [6.07, 6.45) is 38.8. The number of aliphatic hydroxyl groups excluding tert-OH is 1. The molecule has 1 unspecified atom stereocenters. The smallest absolute Gasteiger partial charge is 0.306 e. The van der Waals surface area contributed by atoms with Crippen molar-refractivity contribution in [2.24, 2.45) is 0 Å². The van der Waals surface area contributed by atoms with Crippen LogP contribution in [0.2, 0.25) is 0 Å². The van der Waals surface area contributed by atoms with Crippen molar-refractivity contribution in [3.8, 4) is 0 Å². The highest BCUT2D eigenvalue weighted by atomic mass is 31.2. The molecule has 10 nitrogen and oxygen atoms in total. The molecule has 2 N–H and O–H groups in total. The number of esters is 2. The van der Waals surface area contributed by atoms with Crippen LogP contribution in [0.15, 0.2) is 18.3 Å². The van der Waals surface area contributed by atoms with E-state index in [1.807, 2.05) is 27.8 Å². The van der Waals surface area contributed by atoms with Crippen molar-refractivity contribution in [3.05, 3.63) is 23.9 Å². The number of nitrogens with zero attached hydrogens (tertiary/aromatic N) is 2. The molecule has 1 aromatic rings. The van der Waals surface area contributed by atoms with Crippen LogP contribution in [-0.4, -0.2) is 60.5 Å². The van der Waals surface area contributed by atoms with E-state index < -0.39 is 20.0 Å². The molecule has 1 aromatic heterocycles. The number of ether oxygens (including phenoxy) is 2. The second-order valence-electron chi connectivity index (χ2n) is 17.6. The molecule has 0 amide bonds. The van der Waals surface area contributed by atoms with Crippen LogP contribution in [0.25, 0.3) is 0 Å². The lowest BCUT2D eigenvalue weighted by atomic mass is 10.0. The molecule has 0 radical (unpaired) electrons. The predicted octanol–water partition coefficient (Wildman–Crippen LogP) is 11.4. The van der Waals surface area contributed by atoms with E-state index in [0.717, 1.165) is 56.5 Å². The topological polar surface area (TPSA) is 132 Å². The maximum Gasteiger partial charge on any atom is 0.306 e. The van der Waals surface area contributed by atoms with Crippen molar-refractivity contribution >= 4 is 25.7 Å². The number of anilines is 1. The van der Waals surface area contributed by atoms with Gasteiger partial charge in [-0.1, -0.05) is 194 Å². The summed E-state index contributed by atoms with van der Waals surface area (Å²) in [5.41, 5.74) is 0.812. The third-order valence-electron chi connectivity index (χ3n) is 12.0. The second-order valence-corrected chi connectivity index (χ2v) is 19.6. The molecule has 2 heterocycles. The first-order chi connectivity index (χ1) is 29.3. The van der Waals surface area contributed by atoms with Crippen LogP contribution < -0.4 is 14.4 Å². The fourth-order valence-electron chi connectivity index (χ4n) is 8.13. The molecule has 0 bridgehead atoms. The van der Waals surface area contributed by atoms with Crippen LogP contribution in [0.3, 0.4) is 0 Å². The van der Waals surface area contributed by atoms with Gasteiger partial charge in [0.1, 0.15) is 39.0 Å². The molecule has 348 valence electrons. The van der Waals surface area contributed by atoms with E-state index in [1.54, 1.807) is 0 Å². The number of hydrogen-bond donors (Lipinski definition) is 2. The van der Waals surface area contributed by atoms with Gasteiger partial charge in [0, 0.05) is 24.5 Å². The molecule has 1 aliphatic heterocycles. The van der Waals surface area contributed by atoms with E-state index in [-0.39, 0.29) is 38.4 Å². The standard InChI is InChI=1S/C49H89N2O8P/c1-3-5-7-9-11-13-15-17-19-21-23-25-27-29-31-33-48(53)57-43-46(44-58-60(55,56)40-39-50-37-38-51-41-45(42-52)35-36-47(50)51)59-49(54)34-32-30-28-26-24-22-20-18-16-14-12-10-8-6-4-2/h35-36,41,46,52H,3-34,37-40,42-44H2,1-2H3/p+1/t46-/m1/s1. The fraction of sp³-hybridized carbons (Fsp3) is 0.857. The van der Waals surface area contributed by atoms with Gasteiger partial charge in [-0.2, -0.15) is 0 Å². The Kier molecular flexibility index (Phi) is 33.1. The lowest BCUT2D eigenvalue weighted by molar-refractivity contribution is -0.671. The number of aromatic nitrogens is 1. The minimum absolute atomic E-state index is 0.0417. The van der Waals surface area contributed by atoms with Gasteiger partial charge in [0.25, 0.3) is 5.82 Å². The molecule has 11 heteroatoms. The average Bonchev–Trinajstić information content (AvgIpc) is 3.66. The molecule has 0 aliphatic carbocycles. The summed E-state index contributed by atoms with van der Waals surface area (Å²) in [5.74, 6) is 0.158. The minimum atomic E-state index is -4.04. The Bertz CT molecular complexity index is 1200. The normalized spacial score (nSPS) is 14.0. The van der Waals surface area contributed by atoms with E-state index in [1.165, 1.54) is 154 Å². The lowest BCUT2D eigenvalue weighted by Crippen LogP contribution is -2.34. The van der Waals surface area contributed by atoms with Crippen molar-refractivity contribution in [2.45, 2.75) is 239 Å². The van der Waals surface area contributed by atoms with E-state index in [4.69, 9.17) is 14.0 Å². The summed E-state index contributed by atoms with van der Waals surface area (Å²) in [6.45, 7) is 5.68. The monoisotopic (exact) mass is 866 g/mol. The number of rotatable bonds is 42. The van der Waals surface area contributed by atoms with Gasteiger partial charge >= 0.3 is 11.9 Å². The van der Waals surface area contributed by atoms with Gasteiger partial charge in [-0.15, -0.1) is 0 Å². The quantitative estimate of drug-likeness (QED) is 0.0285. The molecule has 0 aromatic carbocycles. The van der Waals surface area contributed by atoms with Gasteiger partial charge in [0.2, 0.25) is 7.94 Å². The van der Waals surface area contributed by atoms with Crippen molar-refractivity contribution in [3.63, 3.8) is 0 Å². The molecular formula is C49H90N2O8P+. The first-order valence-corrected chi connectivity index (χ1v) is 26.7. The third-order valence-corrected chi connectivity index (χ3v) is 13.3. The molecule has 0 saturated heterocycles. The van der Waals surface area contributed by atoms with Gasteiger partial charge in [-0.05, 0) is 18.9 Å². The Labute approximate surface area is 367 Å². The molecule has 0 fully saturated rings. The zero-order chi connectivity index (χ0) is 43.4. The van der Waals surface area contributed by atoms with E-state index in [0.29, 0.717) is 19.5 Å². The predicted molar refractivity (Wildman–Crippen MR) is 245 cm³/mol. The van der Waals surface area contributed by atoms with Crippen LogP contribution in [-0.2, 0) is 36.7 Å². The number of carbonyl (C=O) groups is 2. The number of fused-ring (bicyclic) bond motifs is 1. The van der Waals surface area contributed by atoms with Crippen molar-refractivity contribution in [2.75, 3.05) is 37.4 Å². The fourth-order valence-corrected chi connectivity index (χ4v) is 9.15. The number of hydrogen-bond acceptors (Lipinski definition) is 9. The summed E-state index contributed by atoms with van der Waals surface area (Å²) >= 11 is 0. The highest BCUT2D eigenvalue weighted by Gasteiger charge is 2.34. The van der Waals surface area contributed by atoms with Gasteiger partial charge < -0.3 is 19.5 Å². The summed E-state index contributed by atoms with van der Waals surface area (Å²) in [4.78, 5) is 51.4. The SMILES string of the molecule is CCCCCCCCCCCCCCCCCC(=O)OC[C@H](CO[P+]([O-])(O)CCN1CC[n+]2cc(CO)ccc21)OC(=O)CCCCCCCCCCCCCCCCC. The van der Waals surface area contributed by atoms with Crippen LogP contribution in [0.1, 0.15) is 225 Å². The Hall–Kier alpha value is -1.84. The van der Waals surface area contributed by atoms with E-state index in [2.05, 4.69) is 13.8 Å². The highest BCUT2D eigenvalue weighted by Crippen LogP contribution is 2.46. The summed E-state index contributed by atoms with van der Waals surface area (Å²) in [7, 11) is -4.04. The van der Waals surface area contributed by atoms with Gasteiger partial charge in [0.15, 0.2) is 6.10 Å². The first-order valence-electron chi connectivity index (χ1n) is 25.0. The number of carbonyl (C=O) groups excluding carboxylic acids is 2. The maximum atomic E-state index is 13.1. The first kappa shape index (κ1) is 54.3. The molecule has 2 rings (SSSR count). The zero-order valence-electron chi connectivity index (χ0n) is 38.6. The Morgan fingerprint density at radius 2 is 1.10 bits per heavy atom. The van der Waals surface area contributed by atoms with Crippen LogP contribution in [0, 0.1) is 0 Å². The van der Waals surface area contributed by atoms with Crippen molar-refractivity contribution in [1.82, 2.24) is 0 Å². The lowest BCUT2D eigenvalue weighted by Gasteiger charge is -2.25. The number of aliphatic hydroxyl groups is 1. The zero-order valence-corrected chi connectivity index (χ0v) is 39.5. The molecule has 1 aliphatic rings. The average molecular weight is 866 g/mol. The molecular weight excluding hydrogens is 776 g/mol. The minimum Gasteiger partial charge on any atom is -0.631 e. The van der Waals surface area contributed by atoms with Crippen LogP contribution >= 0.6 is 7.94 Å². The maximum absolute atomic E-state index is 13.1. The second kappa shape index (κ2) is 36.6. The third kappa shape index (κ3) is 28.7. The summed E-state index contributed by atoms with van der Waals surface area (Å²) in [5, 5.41) is 9.46. The molecule has 0 spiro atoms. The molecule has 0 saturated carbocycles. The number of unbranched alkanes of at least 4 members (excludes halogenated alkanes) is 28. The molecule has 2 atom stereocenters. The Balaban J connectivity index is 1.66. The van der Waals surface area contributed by atoms with E-state index in [9.17, 15) is 24.5 Å². The Morgan fingerprint density at radius 1 is 0.667 bits per heavy atom. The number of pyridine rings is 1. The van der Waals surface area contributed by atoms with Gasteiger partial charge in [-0.25, -0.2) is 14.0 Å². The summed E-state index contributed by atoms with van der Waals surface area (Å²) < 4.78 is 18.7.